The van der Waals surface area contributed by atoms with Crippen LogP contribution >= 0.6 is 0 Å². The molecule has 0 aliphatic rings. The average molecular weight is 380 g/mol. The number of ether oxygens (including phenoxy) is 2. The third-order valence-corrected chi connectivity index (χ3v) is 5.35. The number of nitrogens with one attached hydrogen (secondary N) is 1. The summed E-state index contributed by atoms with van der Waals surface area (Å²) in [4.78, 5) is 1.60. The number of nitrogens with zero attached hydrogens (tertiary/aromatic N) is 1. The van der Waals surface area contributed by atoms with Crippen molar-refractivity contribution in [2.24, 2.45) is 0 Å². The van der Waals surface area contributed by atoms with E-state index in [1.54, 1.807) is 31.4 Å². The molecule has 0 bridgehead atoms. The van der Waals surface area contributed by atoms with Crippen molar-refractivity contribution in [1.82, 2.24) is 9.62 Å². The van der Waals surface area contributed by atoms with E-state index >= 15 is 0 Å². The topological polar surface area (TPSA) is 88.1 Å². The van der Waals surface area contributed by atoms with Crippen molar-refractivity contribution < 1.29 is 23.0 Å². The average Bonchev–Trinajstić information content (AvgIpc) is 2.60. The molecule has 26 heavy (non-hydrogen) atoms. The van der Waals surface area contributed by atoms with Gasteiger partial charge in [-0.25, -0.2) is 13.1 Å². The smallest absolute Gasteiger partial charge is 0.248 e. The number of hydrogen-bond acceptors (Lipinski definition) is 6. The number of phenols is 1. The predicted octanol–water partition coefficient (Wildman–Crippen LogP) is 1.99. The summed E-state index contributed by atoms with van der Waals surface area (Å²) in [6.45, 7) is 0.432. The second-order valence-corrected chi connectivity index (χ2v) is 7.67. The predicted molar refractivity (Wildman–Crippen MR) is 99.3 cm³/mol. The van der Waals surface area contributed by atoms with Crippen molar-refractivity contribution in [3.8, 4) is 17.2 Å². The van der Waals surface area contributed by atoms with Crippen LogP contribution in [-0.2, 0) is 10.0 Å². The van der Waals surface area contributed by atoms with Crippen LogP contribution in [0.5, 0.6) is 17.2 Å². The molecule has 0 spiro atoms. The van der Waals surface area contributed by atoms with Crippen LogP contribution in [0.1, 0.15) is 11.6 Å². The number of aromatic hydroxyl groups is 1. The highest BCUT2D eigenvalue weighted by molar-refractivity contribution is 7.89. The van der Waals surface area contributed by atoms with Gasteiger partial charge in [-0.15, -0.1) is 0 Å². The third-order valence-electron chi connectivity index (χ3n) is 3.81. The van der Waals surface area contributed by atoms with E-state index in [1.807, 2.05) is 19.0 Å². The number of benzene rings is 2. The molecule has 0 aliphatic heterocycles. The van der Waals surface area contributed by atoms with E-state index in [9.17, 15) is 13.5 Å². The summed E-state index contributed by atoms with van der Waals surface area (Å²) in [7, 11) is 2.60. The van der Waals surface area contributed by atoms with Crippen molar-refractivity contribution in [3.63, 3.8) is 0 Å². The summed E-state index contributed by atoms with van der Waals surface area (Å²) < 4.78 is 38.8. The fourth-order valence-electron chi connectivity index (χ4n) is 2.59. The van der Waals surface area contributed by atoms with Gasteiger partial charge < -0.3 is 19.5 Å². The molecule has 1 atom stereocenters. The summed E-state index contributed by atoms with van der Waals surface area (Å²) in [5.74, 6) is 0.397. The summed E-state index contributed by atoms with van der Waals surface area (Å²) in [6, 6.07) is 10.9. The molecule has 0 saturated carbocycles. The molecule has 0 saturated heterocycles. The van der Waals surface area contributed by atoms with Crippen LogP contribution < -0.4 is 14.2 Å². The number of hydrogen-bond donors (Lipinski definition) is 2. The highest BCUT2D eigenvalue weighted by Crippen LogP contribution is 2.33. The lowest BCUT2D eigenvalue weighted by molar-refractivity contribution is 0.360. The molecule has 142 valence electrons. The van der Waals surface area contributed by atoms with Crippen LogP contribution in [0.25, 0.3) is 0 Å². The minimum Gasteiger partial charge on any atom is -0.506 e. The molecular formula is C18H24N2O5S. The van der Waals surface area contributed by atoms with E-state index in [2.05, 4.69) is 4.72 Å². The SMILES string of the molecule is COc1ccc(C(CN(C)C)NS(=O)(=O)c2c(O)cccc2OC)cc1. The first kappa shape index (κ1) is 20.0. The Hall–Kier alpha value is -2.29. The zero-order valence-corrected chi connectivity index (χ0v) is 16.1. The lowest BCUT2D eigenvalue weighted by atomic mass is 10.1. The largest absolute Gasteiger partial charge is 0.506 e. The fraction of sp³-hybridized carbons (Fsp3) is 0.333. The molecule has 0 aromatic heterocycles. The minimum absolute atomic E-state index is 0.0795. The summed E-state index contributed by atoms with van der Waals surface area (Å²) in [5.41, 5.74) is 0.775. The summed E-state index contributed by atoms with van der Waals surface area (Å²) in [5, 5.41) is 10.1. The quantitative estimate of drug-likeness (QED) is 0.728. The Balaban J connectivity index is 2.41. The van der Waals surface area contributed by atoms with Crippen LogP contribution in [0.15, 0.2) is 47.4 Å². The first-order valence-electron chi connectivity index (χ1n) is 7.95. The van der Waals surface area contributed by atoms with Gasteiger partial charge in [-0.2, -0.15) is 0 Å². The fourth-order valence-corrected chi connectivity index (χ4v) is 4.06. The first-order valence-corrected chi connectivity index (χ1v) is 9.43. The lowest BCUT2D eigenvalue weighted by Crippen LogP contribution is -2.35. The van der Waals surface area contributed by atoms with Gasteiger partial charge in [-0.1, -0.05) is 18.2 Å². The van der Waals surface area contributed by atoms with E-state index in [4.69, 9.17) is 9.47 Å². The van der Waals surface area contributed by atoms with Gasteiger partial charge in [-0.05, 0) is 43.9 Å². The maximum Gasteiger partial charge on any atom is 0.248 e. The number of sulfonamides is 1. The minimum atomic E-state index is -4.03. The Morgan fingerprint density at radius 2 is 1.73 bits per heavy atom. The molecule has 1 unspecified atom stereocenters. The molecule has 2 N–H and O–H groups in total. The van der Waals surface area contributed by atoms with E-state index in [-0.39, 0.29) is 16.4 Å². The van der Waals surface area contributed by atoms with Crippen molar-refractivity contribution in [3.05, 3.63) is 48.0 Å². The van der Waals surface area contributed by atoms with Gasteiger partial charge in [0.05, 0.1) is 20.3 Å². The van der Waals surface area contributed by atoms with E-state index < -0.39 is 16.1 Å². The molecule has 0 amide bonds. The van der Waals surface area contributed by atoms with Crippen molar-refractivity contribution in [1.29, 1.82) is 0 Å². The van der Waals surface area contributed by atoms with Gasteiger partial charge in [-0.3, -0.25) is 0 Å². The molecule has 7 nitrogen and oxygen atoms in total. The zero-order valence-electron chi connectivity index (χ0n) is 15.3. The molecule has 0 radical (unpaired) electrons. The Bertz CT molecular complexity index is 835. The van der Waals surface area contributed by atoms with Gasteiger partial charge in [0.25, 0.3) is 0 Å². The molecular weight excluding hydrogens is 356 g/mol. The van der Waals surface area contributed by atoms with Crippen molar-refractivity contribution >= 4 is 10.0 Å². The summed E-state index contributed by atoms with van der Waals surface area (Å²) >= 11 is 0. The van der Waals surface area contributed by atoms with Crippen LogP contribution in [0.3, 0.4) is 0 Å². The van der Waals surface area contributed by atoms with Gasteiger partial charge in [0.1, 0.15) is 17.2 Å². The summed E-state index contributed by atoms with van der Waals surface area (Å²) in [6.07, 6.45) is 0. The molecule has 0 fully saturated rings. The Kier molecular flexibility index (Phi) is 6.47. The highest BCUT2D eigenvalue weighted by atomic mass is 32.2. The number of methoxy groups -OCH3 is 2. The van der Waals surface area contributed by atoms with Crippen LogP contribution in [0.4, 0.5) is 0 Å². The molecule has 8 heteroatoms. The van der Waals surface area contributed by atoms with Crippen LogP contribution in [0, 0.1) is 0 Å². The molecule has 2 aromatic rings. The second-order valence-electron chi connectivity index (χ2n) is 6.02. The monoisotopic (exact) mass is 380 g/mol. The standard InChI is InChI=1S/C18H24N2O5S/c1-20(2)12-15(13-8-10-14(24-3)11-9-13)19-26(22,23)18-16(21)6-5-7-17(18)25-4/h5-11,15,19,21H,12H2,1-4H3. The Morgan fingerprint density at radius 1 is 1.08 bits per heavy atom. The third kappa shape index (κ3) is 4.66. The Morgan fingerprint density at radius 3 is 2.27 bits per heavy atom. The molecule has 2 aromatic carbocycles. The van der Waals surface area contributed by atoms with E-state index in [1.165, 1.54) is 25.3 Å². The lowest BCUT2D eigenvalue weighted by Gasteiger charge is -2.23. The van der Waals surface area contributed by atoms with E-state index in [0.29, 0.717) is 12.3 Å². The van der Waals surface area contributed by atoms with Gasteiger partial charge in [0, 0.05) is 6.54 Å². The molecule has 0 heterocycles. The number of likely N-dealkylation sites (N-methyl/N-ethyl adjacent to an activating group) is 1. The highest BCUT2D eigenvalue weighted by Gasteiger charge is 2.28. The molecule has 0 aliphatic carbocycles. The maximum atomic E-state index is 12.9. The normalized spacial score (nSPS) is 12.8. The first-order chi connectivity index (χ1) is 12.3. The second kappa shape index (κ2) is 8.39. The number of phenolic OH excluding ortho intramolecular Hbond substituents is 1. The van der Waals surface area contributed by atoms with Crippen molar-refractivity contribution in [2.75, 3.05) is 34.9 Å². The van der Waals surface area contributed by atoms with Crippen LogP contribution in [0.2, 0.25) is 0 Å². The van der Waals surface area contributed by atoms with Gasteiger partial charge in [0.2, 0.25) is 10.0 Å². The van der Waals surface area contributed by atoms with Crippen LogP contribution in [-0.4, -0.2) is 53.3 Å². The maximum absolute atomic E-state index is 12.9. The van der Waals surface area contributed by atoms with Gasteiger partial charge >= 0.3 is 0 Å². The van der Waals surface area contributed by atoms with E-state index in [0.717, 1.165) is 5.56 Å². The molecule has 2 rings (SSSR count). The Labute approximate surface area is 154 Å². The van der Waals surface area contributed by atoms with Gasteiger partial charge in [0.15, 0.2) is 4.90 Å². The van der Waals surface area contributed by atoms with Crippen molar-refractivity contribution in [2.45, 2.75) is 10.9 Å². The number of rotatable bonds is 8. The zero-order chi connectivity index (χ0) is 19.3.